The fourth-order valence-corrected chi connectivity index (χ4v) is 4.32. The SMILES string of the molecule is Cc1cn2nc(-c3cc(F)c4nc(C5CC(CN(C)C)C5)oc4c3)cc(C)c2n1. The van der Waals surface area contributed by atoms with Gasteiger partial charge in [-0.1, -0.05) is 0 Å². The molecule has 0 spiro atoms. The summed E-state index contributed by atoms with van der Waals surface area (Å²) in [5.74, 6) is 1.21. The summed E-state index contributed by atoms with van der Waals surface area (Å²) in [7, 11) is 4.17. The van der Waals surface area contributed by atoms with Gasteiger partial charge < -0.3 is 9.32 Å². The van der Waals surface area contributed by atoms with Crippen molar-refractivity contribution in [1.29, 1.82) is 0 Å². The molecule has 0 aliphatic heterocycles. The second-order valence-corrected chi connectivity index (χ2v) is 8.52. The third-order valence-electron chi connectivity index (χ3n) is 5.70. The topological polar surface area (TPSA) is 59.5 Å². The Morgan fingerprint density at radius 2 is 1.97 bits per heavy atom. The molecule has 1 saturated carbocycles. The number of aromatic nitrogens is 4. The Morgan fingerprint density at radius 3 is 2.72 bits per heavy atom. The van der Waals surface area contributed by atoms with Crippen molar-refractivity contribution in [2.75, 3.05) is 20.6 Å². The minimum atomic E-state index is -0.377. The highest BCUT2D eigenvalue weighted by molar-refractivity contribution is 5.80. The normalized spacial score (nSPS) is 19.4. The van der Waals surface area contributed by atoms with Crippen molar-refractivity contribution in [3.63, 3.8) is 0 Å². The second-order valence-electron chi connectivity index (χ2n) is 8.52. The number of hydrogen-bond acceptors (Lipinski definition) is 5. The van der Waals surface area contributed by atoms with Crippen LogP contribution in [0.1, 0.15) is 35.9 Å². The van der Waals surface area contributed by atoms with E-state index in [2.05, 4.69) is 34.1 Å². The average molecular weight is 393 g/mol. The standard InChI is InChI=1S/C22H24FN5O/c1-12-5-18(26-28-10-13(2)24-21(12)28)15-8-17(23)20-19(9-15)29-22(25-20)16-6-14(7-16)11-27(3)4/h5,8-10,14,16H,6-7,11H2,1-4H3. The highest BCUT2D eigenvalue weighted by Crippen LogP contribution is 2.42. The number of hydrogen-bond donors (Lipinski definition) is 0. The van der Waals surface area contributed by atoms with Crippen LogP contribution in [0.25, 0.3) is 28.0 Å². The number of rotatable bonds is 4. The summed E-state index contributed by atoms with van der Waals surface area (Å²) in [6.45, 7) is 4.98. The first-order valence-corrected chi connectivity index (χ1v) is 9.96. The van der Waals surface area contributed by atoms with Crippen molar-refractivity contribution in [3.05, 3.63) is 47.4 Å². The predicted molar refractivity (Wildman–Crippen MR) is 109 cm³/mol. The van der Waals surface area contributed by atoms with Crippen LogP contribution in [0.4, 0.5) is 4.39 Å². The van der Waals surface area contributed by atoms with E-state index in [1.54, 1.807) is 4.52 Å². The molecule has 0 radical (unpaired) electrons. The smallest absolute Gasteiger partial charge is 0.198 e. The number of benzene rings is 1. The summed E-state index contributed by atoms with van der Waals surface area (Å²) >= 11 is 0. The van der Waals surface area contributed by atoms with E-state index in [4.69, 9.17) is 4.42 Å². The van der Waals surface area contributed by atoms with E-state index < -0.39 is 0 Å². The summed E-state index contributed by atoms with van der Waals surface area (Å²) < 4.78 is 22.5. The van der Waals surface area contributed by atoms with Crippen LogP contribution < -0.4 is 0 Å². The lowest BCUT2D eigenvalue weighted by atomic mass is 9.74. The molecule has 0 amide bonds. The molecule has 0 saturated heterocycles. The summed E-state index contributed by atoms with van der Waals surface area (Å²) in [5, 5.41) is 4.60. The van der Waals surface area contributed by atoms with E-state index in [0.29, 0.717) is 34.2 Å². The van der Waals surface area contributed by atoms with Crippen LogP contribution in [0.5, 0.6) is 0 Å². The lowest BCUT2D eigenvalue weighted by Crippen LogP contribution is -2.31. The zero-order chi connectivity index (χ0) is 20.3. The molecule has 3 heterocycles. The van der Waals surface area contributed by atoms with Crippen molar-refractivity contribution >= 4 is 16.7 Å². The van der Waals surface area contributed by atoms with Crippen molar-refractivity contribution in [2.45, 2.75) is 32.6 Å². The largest absolute Gasteiger partial charge is 0.440 e. The molecule has 1 aromatic carbocycles. The van der Waals surface area contributed by atoms with Gasteiger partial charge in [0.2, 0.25) is 0 Å². The van der Waals surface area contributed by atoms with Crippen molar-refractivity contribution in [3.8, 4) is 11.3 Å². The number of nitrogens with zero attached hydrogens (tertiary/aromatic N) is 5. The summed E-state index contributed by atoms with van der Waals surface area (Å²) in [6, 6.07) is 5.25. The molecule has 7 heteroatoms. The monoisotopic (exact) mass is 393 g/mol. The fraction of sp³-hybridized carbons (Fsp3) is 0.409. The van der Waals surface area contributed by atoms with Gasteiger partial charge in [0, 0.05) is 18.0 Å². The van der Waals surface area contributed by atoms with Gasteiger partial charge in [-0.15, -0.1) is 0 Å². The van der Waals surface area contributed by atoms with Gasteiger partial charge in [-0.05, 0) is 70.5 Å². The summed E-state index contributed by atoms with van der Waals surface area (Å²) in [4.78, 5) is 11.1. The first-order valence-electron chi connectivity index (χ1n) is 9.96. The molecule has 6 nitrogen and oxygen atoms in total. The molecule has 5 rings (SSSR count). The highest BCUT2D eigenvalue weighted by atomic mass is 19.1. The van der Waals surface area contributed by atoms with Crippen molar-refractivity contribution in [1.82, 2.24) is 24.5 Å². The zero-order valence-corrected chi connectivity index (χ0v) is 17.1. The summed E-state index contributed by atoms with van der Waals surface area (Å²) in [5.41, 5.74) is 4.83. The number of oxazole rings is 1. The minimum absolute atomic E-state index is 0.279. The van der Waals surface area contributed by atoms with Gasteiger partial charge in [-0.25, -0.2) is 18.9 Å². The quantitative estimate of drug-likeness (QED) is 0.516. The first kappa shape index (κ1) is 18.2. The zero-order valence-electron chi connectivity index (χ0n) is 17.1. The van der Waals surface area contributed by atoms with Gasteiger partial charge in [-0.2, -0.15) is 5.10 Å². The van der Waals surface area contributed by atoms with Crippen LogP contribution in [0.3, 0.4) is 0 Å². The van der Waals surface area contributed by atoms with E-state index in [1.807, 2.05) is 32.2 Å². The molecule has 0 unspecified atom stereocenters. The van der Waals surface area contributed by atoms with Gasteiger partial charge >= 0.3 is 0 Å². The van der Waals surface area contributed by atoms with Gasteiger partial charge in [-0.3, -0.25) is 0 Å². The third-order valence-corrected chi connectivity index (χ3v) is 5.70. The average Bonchev–Trinajstić information content (AvgIpc) is 3.20. The van der Waals surface area contributed by atoms with Crippen LogP contribution in [-0.2, 0) is 0 Å². The molecule has 0 bridgehead atoms. The maximum absolute atomic E-state index is 14.8. The Kier molecular flexibility index (Phi) is 4.17. The van der Waals surface area contributed by atoms with E-state index in [-0.39, 0.29) is 11.7 Å². The lowest BCUT2D eigenvalue weighted by Gasteiger charge is -2.34. The van der Waals surface area contributed by atoms with Crippen LogP contribution >= 0.6 is 0 Å². The van der Waals surface area contributed by atoms with Crippen molar-refractivity contribution in [2.24, 2.45) is 5.92 Å². The Bertz CT molecular complexity index is 1220. The molecular weight excluding hydrogens is 369 g/mol. The van der Waals surface area contributed by atoms with E-state index in [9.17, 15) is 4.39 Å². The maximum atomic E-state index is 14.8. The first-order chi connectivity index (χ1) is 13.9. The van der Waals surface area contributed by atoms with E-state index in [1.165, 1.54) is 6.07 Å². The Labute approximate surface area is 168 Å². The minimum Gasteiger partial charge on any atom is -0.440 e. The van der Waals surface area contributed by atoms with Crippen LogP contribution in [0.15, 0.2) is 28.8 Å². The van der Waals surface area contributed by atoms with Gasteiger partial charge in [0.1, 0.15) is 5.52 Å². The summed E-state index contributed by atoms with van der Waals surface area (Å²) in [6.07, 6.45) is 3.95. The number of imidazole rings is 1. The van der Waals surface area contributed by atoms with Gasteiger partial charge in [0.25, 0.3) is 0 Å². The molecular formula is C22H24FN5O. The van der Waals surface area contributed by atoms with Crippen LogP contribution in [0, 0.1) is 25.6 Å². The Morgan fingerprint density at radius 1 is 1.17 bits per heavy atom. The molecule has 0 N–H and O–H groups in total. The van der Waals surface area contributed by atoms with Crippen LogP contribution in [0.2, 0.25) is 0 Å². The molecule has 1 fully saturated rings. The predicted octanol–water partition coefficient (Wildman–Crippen LogP) is 4.35. The second kappa shape index (κ2) is 6.62. The Balaban J connectivity index is 1.49. The third kappa shape index (κ3) is 3.19. The highest BCUT2D eigenvalue weighted by Gasteiger charge is 2.34. The van der Waals surface area contributed by atoms with E-state index >= 15 is 0 Å². The van der Waals surface area contributed by atoms with Crippen molar-refractivity contribution < 1.29 is 8.81 Å². The molecule has 29 heavy (non-hydrogen) atoms. The molecule has 1 aliphatic rings. The van der Waals surface area contributed by atoms with Gasteiger partial charge in [0.05, 0.1) is 17.6 Å². The molecule has 3 aromatic heterocycles. The lowest BCUT2D eigenvalue weighted by molar-refractivity contribution is 0.181. The molecule has 150 valence electrons. The number of fused-ring (bicyclic) bond motifs is 2. The van der Waals surface area contributed by atoms with Gasteiger partial charge in [0.15, 0.2) is 22.9 Å². The van der Waals surface area contributed by atoms with Crippen LogP contribution in [-0.4, -0.2) is 45.1 Å². The fourth-order valence-electron chi connectivity index (χ4n) is 4.32. The Hall–Kier alpha value is -2.80. The molecule has 1 aliphatic carbocycles. The maximum Gasteiger partial charge on any atom is 0.198 e. The number of aryl methyl sites for hydroxylation is 2. The molecule has 0 atom stereocenters. The molecule has 4 aromatic rings. The number of halogens is 1. The van der Waals surface area contributed by atoms with E-state index in [0.717, 1.165) is 36.3 Å².